The number of halogens is 3. The summed E-state index contributed by atoms with van der Waals surface area (Å²) in [5.74, 6) is -0.451. The minimum Gasteiger partial charge on any atom is -0.378 e. The van der Waals surface area contributed by atoms with Gasteiger partial charge in [0.15, 0.2) is 0 Å². The van der Waals surface area contributed by atoms with Gasteiger partial charge in [0.05, 0.1) is 18.8 Å². The molecule has 0 spiro atoms. The van der Waals surface area contributed by atoms with E-state index in [9.17, 15) is 18.0 Å². The molecule has 1 aliphatic heterocycles. The van der Waals surface area contributed by atoms with E-state index in [1.54, 1.807) is 12.1 Å². The van der Waals surface area contributed by atoms with Crippen LogP contribution in [0.2, 0.25) is 0 Å². The van der Waals surface area contributed by atoms with Gasteiger partial charge in [0.25, 0.3) is 5.91 Å². The SMILES string of the molecule is O=C(Nc1ccc(N2CCOCC2)cc1)c1ccc(C(F)(F)F)cc1. The third-order valence-electron chi connectivity index (χ3n) is 3.98. The molecular weight excluding hydrogens is 333 g/mol. The van der Waals surface area contributed by atoms with Gasteiger partial charge in [-0.15, -0.1) is 0 Å². The van der Waals surface area contributed by atoms with Crippen LogP contribution in [0.1, 0.15) is 15.9 Å². The first-order valence-corrected chi connectivity index (χ1v) is 7.85. The lowest BCUT2D eigenvalue weighted by atomic mass is 10.1. The van der Waals surface area contributed by atoms with Gasteiger partial charge in [-0.1, -0.05) is 0 Å². The second-order valence-electron chi connectivity index (χ2n) is 5.68. The predicted octanol–water partition coefficient (Wildman–Crippen LogP) is 3.79. The van der Waals surface area contributed by atoms with E-state index in [1.807, 2.05) is 12.1 Å². The second kappa shape index (κ2) is 7.14. The van der Waals surface area contributed by atoms with Gasteiger partial charge in [-0.05, 0) is 48.5 Å². The maximum atomic E-state index is 12.5. The number of hydrogen-bond donors (Lipinski definition) is 1. The first-order valence-electron chi connectivity index (χ1n) is 7.85. The standard InChI is InChI=1S/C18H17F3N2O2/c19-18(20,21)14-3-1-13(2-4-14)17(24)22-15-5-7-16(8-6-15)23-9-11-25-12-10-23/h1-8H,9-12H2,(H,22,24). The number of nitrogens with one attached hydrogen (secondary N) is 1. The molecule has 4 nitrogen and oxygen atoms in total. The van der Waals surface area contributed by atoms with Crippen molar-refractivity contribution >= 4 is 17.3 Å². The van der Waals surface area contributed by atoms with Gasteiger partial charge in [0, 0.05) is 30.0 Å². The summed E-state index contributed by atoms with van der Waals surface area (Å²) in [6.45, 7) is 3.01. The summed E-state index contributed by atoms with van der Waals surface area (Å²) in [4.78, 5) is 14.3. The van der Waals surface area contributed by atoms with E-state index in [0.29, 0.717) is 18.9 Å². The van der Waals surface area contributed by atoms with Crippen LogP contribution in [0.3, 0.4) is 0 Å². The summed E-state index contributed by atoms with van der Waals surface area (Å²) in [6, 6.07) is 11.5. The number of morpholine rings is 1. The summed E-state index contributed by atoms with van der Waals surface area (Å²) in [7, 11) is 0. The number of amides is 1. The van der Waals surface area contributed by atoms with Gasteiger partial charge >= 0.3 is 6.18 Å². The Kier molecular flexibility index (Phi) is 4.94. The topological polar surface area (TPSA) is 41.6 Å². The molecule has 0 aliphatic carbocycles. The van der Waals surface area contributed by atoms with Crippen LogP contribution in [0.5, 0.6) is 0 Å². The molecule has 2 aromatic rings. The fourth-order valence-electron chi connectivity index (χ4n) is 2.59. The zero-order valence-electron chi connectivity index (χ0n) is 13.3. The number of carbonyl (C=O) groups excluding carboxylic acids is 1. The Morgan fingerprint density at radius 2 is 1.56 bits per heavy atom. The highest BCUT2D eigenvalue weighted by Gasteiger charge is 2.30. The van der Waals surface area contributed by atoms with Gasteiger partial charge in [-0.25, -0.2) is 0 Å². The Labute approximate surface area is 143 Å². The van der Waals surface area contributed by atoms with Crippen LogP contribution in [-0.4, -0.2) is 32.2 Å². The molecule has 2 aromatic carbocycles. The summed E-state index contributed by atoms with van der Waals surface area (Å²) >= 11 is 0. The Bertz CT molecular complexity index is 721. The summed E-state index contributed by atoms with van der Waals surface area (Å²) in [6.07, 6.45) is -4.41. The first-order chi connectivity index (χ1) is 11.9. The molecule has 25 heavy (non-hydrogen) atoms. The van der Waals surface area contributed by atoms with Crippen molar-refractivity contribution in [2.24, 2.45) is 0 Å². The highest BCUT2D eigenvalue weighted by molar-refractivity contribution is 6.04. The van der Waals surface area contributed by atoms with Crippen molar-refractivity contribution in [3.8, 4) is 0 Å². The quantitative estimate of drug-likeness (QED) is 0.916. The monoisotopic (exact) mass is 350 g/mol. The minimum atomic E-state index is -4.41. The normalized spacial score (nSPS) is 15.1. The molecule has 3 rings (SSSR count). The molecule has 1 fully saturated rings. The molecule has 1 aliphatic rings. The Morgan fingerprint density at radius 3 is 2.12 bits per heavy atom. The second-order valence-corrected chi connectivity index (χ2v) is 5.68. The Hall–Kier alpha value is -2.54. The fraction of sp³-hybridized carbons (Fsp3) is 0.278. The number of rotatable bonds is 3. The van der Waals surface area contributed by atoms with E-state index < -0.39 is 17.6 Å². The van der Waals surface area contributed by atoms with Crippen LogP contribution in [0.25, 0.3) is 0 Å². The van der Waals surface area contributed by atoms with Crippen molar-refractivity contribution in [1.29, 1.82) is 0 Å². The maximum Gasteiger partial charge on any atom is 0.416 e. The van der Waals surface area contributed by atoms with Gasteiger partial charge in [0.2, 0.25) is 0 Å². The molecule has 1 amide bonds. The van der Waals surface area contributed by atoms with Crippen molar-refractivity contribution in [3.63, 3.8) is 0 Å². The molecule has 0 radical (unpaired) electrons. The minimum absolute atomic E-state index is 0.172. The fourth-order valence-corrected chi connectivity index (χ4v) is 2.59. The van der Waals surface area contributed by atoms with E-state index in [1.165, 1.54) is 12.1 Å². The zero-order chi connectivity index (χ0) is 17.9. The van der Waals surface area contributed by atoms with Crippen LogP contribution in [0, 0.1) is 0 Å². The molecule has 1 N–H and O–H groups in total. The van der Waals surface area contributed by atoms with E-state index in [0.717, 1.165) is 30.9 Å². The number of benzene rings is 2. The molecular formula is C18H17F3N2O2. The average molecular weight is 350 g/mol. The van der Waals surface area contributed by atoms with Crippen molar-refractivity contribution in [3.05, 3.63) is 59.7 Å². The van der Waals surface area contributed by atoms with Crippen LogP contribution in [-0.2, 0) is 10.9 Å². The number of anilines is 2. The molecule has 0 atom stereocenters. The van der Waals surface area contributed by atoms with Crippen molar-refractivity contribution in [2.75, 3.05) is 36.5 Å². The van der Waals surface area contributed by atoms with Gasteiger partial charge in [-0.2, -0.15) is 13.2 Å². The maximum absolute atomic E-state index is 12.5. The summed E-state index contributed by atoms with van der Waals surface area (Å²) < 4.78 is 42.9. The third kappa shape index (κ3) is 4.30. The van der Waals surface area contributed by atoms with Crippen molar-refractivity contribution in [1.82, 2.24) is 0 Å². The van der Waals surface area contributed by atoms with E-state index >= 15 is 0 Å². The van der Waals surface area contributed by atoms with E-state index in [-0.39, 0.29) is 5.56 Å². The lowest BCUT2D eigenvalue weighted by Crippen LogP contribution is -2.36. The number of hydrogen-bond acceptors (Lipinski definition) is 3. The zero-order valence-corrected chi connectivity index (χ0v) is 13.3. The molecule has 0 bridgehead atoms. The van der Waals surface area contributed by atoms with Crippen LogP contribution >= 0.6 is 0 Å². The molecule has 132 valence electrons. The lowest BCUT2D eigenvalue weighted by molar-refractivity contribution is -0.137. The van der Waals surface area contributed by atoms with E-state index in [2.05, 4.69) is 10.2 Å². The molecule has 7 heteroatoms. The van der Waals surface area contributed by atoms with Crippen molar-refractivity contribution < 1.29 is 22.7 Å². The van der Waals surface area contributed by atoms with Crippen LogP contribution in [0.15, 0.2) is 48.5 Å². The van der Waals surface area contributed by atoms with Crippen LogP contribution < -0.4 is 10.2 Å². The number of carbonyl (C=O) groups is 1. The van der Waals surface area contributed by atoms with Gasteiger partial charge in [-0.3, -0.25) is 4.79 Å². The molecule has 0 aromatic heterocycles. The predicted molar refractivity (Wildman–Crippen MR) is 88.9 cm³/mol. The van der Waals surface area contributed by atoms with Gasteiger partial charge in [0.1, 0.15) is 0 Å². The highest BCUT2D eigenvalue weighted by atomic mass is 19.4. The van der Waals surface area contributed by atoms with Gasteiger partial charge < -0.3 is 15.0 Å². The van der Waals surface area contributed by atoms with E-state index in [4.69, 9.17) is 4.74 Å². The van der Waals surface area contributed by atoms with Crippen LogP contribution in [0.4, 0.5) is 24.5 Å². The first kappa shape index (κ1) is 17.3. The number of nitrogens with zero attached hydrogens (tertiary/aromatic N) is 1. The van der Waals surface area contributed by atoms with Crippen molar-refractivity contribution in [2.45, 2.75) is 6.18 Å². The summed E-state index contributed by atoms with van der Waals surface area (Å²) in [5, 5.41) is 2.68. The molecule has 1 heterocycles. The smallest absolute Gasteiger partial charge is 0.378 e. The Balaban J connectivity index is 1.64. The lowest BCUT2D eigenvalue weighted by Gasteiger charge is -2.28. The number of ether oxygens (including phenoxy) is 1. The Morgan fingerprint density at radius 1 is 0.960 bits per heavy atom. The molecule has 1 saturated heterocycles. The third-order valence-corrected chi connectivity index (χ3v) is 3.98. The molecule has 0 unspecified atom stereocenters. The summed E-state index contributed by atoms with van der Waals surface area (Å²) in [5.41, 5.74) is 1.02. The largest absolute Gasteiger partial charge is 0.416 e. The number of alkyl halides is 3. The average Bonchev–Trinajstić information content (AvgIpc) is 2.62. The molecule has 0 saturated carbocycles. The highest BCUT2D eigenvalue weighted by Crippen LogP contribution is 2.29.